The fourth-order valence-electron chi connectivity index (χ4n) is 1.41. The molecular weight excluding hydrogens is 166 g/mol. The van der Waals surface area contributed by atoms with Crippen LogP contribution in [0.2, 0.25) is 0 Å². The molecule has 2 rings (SSSR count). The number of aromatic carboxylic acids is 1. The number of hydrogen-bond donors (Lipinski definition) is 1. The van der Waals surface area contributed by atoms with Gasteiger partial charge in [0, 0.05) is 11.6 Å². The van der Waals surface area contributed by atoms with Crippen molar-refractivity contribution in [2.24, 2.45) is 0 Å². The number of carbonyl (C=O) groups is 1. The molecule has 13 heavy (non-hydrogen) atoms. The van der Waals surface area contributed by atoms with E-state index in [-0.39, 0.29) is 0 Å². The lowest BCUT2D eigenvalue weighted by atomic mass is 10.1. The maximum atomic E-state index is 10.7. The summed E-state index contributed by atoms with van der Waals surface area (Å²) in [6.45, 7) is 1.75. The van der Waals surface area contributed by atoms with Gasteiger partial charge >= 0.3 is 5.97 Å². The van der Waals surface area contributed by atoms with Crippen molar-refractivity contribution < 1.29 is 9.90 Å². The van der Waals surface area contributed by atoms with Gasteiger partial charge in [-0.25, -0.2) is 4.79 Å². The van der Waals surface area contributed by atoms with Gasteiger partial charge in [0.2, 0.25) is 0 Å². The van der Waals surface area contributed by atoms with E-state index in [2.05, 4.69) is 4.98 Å². The molecule has 1 aromatic rings. The maximum Gasteiger partial charge on any atom is 0.337 e. The molecule has 1 heterocycles. The Kier molecular flexibility index (Phi) is 1.79. The summed E-state index contributed by atoms with van der Waals surface area (Å²) in [6, 6.07) is 3.48. The van der Waals surface area contributed by atoms with Crippen molar-refractivity contribution in [1.82, 2.24) is 4.98 Å². The number of pyridine rings is 1. The molecule has 0 amide bonds. The monoisotopic (exact) mass is 177 g/mol. The van der Waals surface area contributed by atoms with Crippen molar-refractivity contribution in [1.29, 1.82) is 0 Å². The molecule has 0 aromatic carbocycles. The van der Waals surface area contributed by atoms with Gasteiger partial charge in [-0.05, 0) is 31.9 Å². The lowest BCUT2D eigenvalue weighted by Gasteiger charge is -2.02. The highest BCUT2D eigenvalue weighted by Crippen LogP contribution is 2.39. The molecule has 1 saturated carbocycles. The van der Waals surface area contributed by atoms with Gasteiger partial charge in [0.15, 0.2) is 0 Å². The van der Waals surface area contributed by atoms with Crippen molar-refractivity contribution in [3.05, 3.63) is 29.1 Å². The van der Waals surface area contributed by atoms with Crippen LogP contribution in [0.15, 0.2) is 12.1 Å². The molecular formula is C10H11NO2. The minimum absolute atomic E-state index is 0.310. The average Bonchev–Trinajstić information content (AvgIpc) is 2.85. The quantitative estimate of drug-likeness (QED) is 0.751. The fraction of sp³-hybridized carbons (Fsp3) is 0.400. The third-order valence-electron chi connectivity index (χ3n) is 2.33. The van der Waals surface area contributed by atoms with E-state index in [1.807, 2.05) is 6.07 Å². The molecule has 0 unspecified atom stereocenters. The molecule has 1 aliphatic carbocycles. The molecule has 3 heteroatoms. The van der Waals surface area contributed by atoms with Gasteiger partial charge in [0.25, 0.3) is 0 Å². The Hall–Kier alpha value is -1.38. The highest BCUT2D eigenvalue weighted by atomic mass is 16.4. The Morgan fingerprint density at radius 2 is 2.23 bits per heavy atom. The first kappa shape index (κ1) is 8.23. The smallest absolute Gasteiger partial charge is 0.337 e. The first-order valence-electron chi connectivity index (χ1n) is 4.39. The molecule has 0 aliphatic heterocycles. The number of rotatable bonds is 2. The number of hydrogen-bond acceptors (Lipinski definition) is 2. The Morgan fingerprint density at radius 3 is 2.69 bits per heavy atom. The van der Waals surface area contributed by atoms with Crippen LogP contribution in [0.3, 0.4) is 0 Å². The molecule has 0 saturated heterocycles. The summed E-state index contributed by atoms with van der Waals surface area (Å²) in [7, 11) is 0. The molecule has 3 nitrogen and oxygen atoms in total. The van der Waals surface area contributed by atoms with Gasteiger partial charge in [-0.1, -0.05) is 0 Å². The van der Waals surface area contributed by atoms with E-state index in [1.54, 1.807) is 13.0 Å². The van der Waals surface area contributed by atoms with Crippen LogP contribution in [0.5, 0.6) is 0 Å². The maximum absolute atomic E-state index is 10.7. The summed E-state index contributed by atoms with van der Waals surface area (Å²) in [4.78, 5) is 15.0. The molecule has 0 bridgehead atoms. The first-order chi connectivity index (χ1) is 6.18. The largest absolute Gasteiger partial charge is 0.478 e. The normalized spacial score (nSPS) is 15.8. The van der Waals surface area contributed by atoms with Crippen LogP contribution >= 0.6 is 0 Å². The van der Waals surface area contributed by atoms with Gasteiger partial charge in [-0.2, -0.15) is 0 Å². The van der Waals surface area contributed by atoms with Crippen molar-refractivity contribution in [3.8, 4) is 0 Å². The van der Waals surface area contributed by atoms with E-state index in [1.165, 1.54) is 12.8 Å². The second kappa shape index (κ2) is 2.83. The van der Waals surface area contributed by atoms with Crippen molar-refractivity contribution in [2.75, 3.05) is 0 Å². The van der Waals surface area contributed by atoms with Gasteiger partial charge < -0.3 is 5.11 Å². The summed E-state index contributed by atoms with van der Waals surface area (Å²) in [5.74, 6) is -0.311. The molecule has 1 fully saturated rings. The van der Waals surface area contributed by atoms with E-state index >= 15 is 0 Å². The van der Waals surface area contributed by atoms with Crippen LogP contribution in [-0.2, 0) is 0 Å². The van der Waals surface area contributed by atoms with Crippen LogP contribution in [0.4, 0.5) is 0 Å². The van der Waals surface area contributed by atoms with Crippen LogP contribution in [0.1, 0.15) is 40.5 Å². The van der Waals surface area contributed by atoms with Crippen molar-refractivity contribution >= 4 is 5.97 Å². The molecule has 1 N–H and O–H groups in total. The second-order valence-electron chi connectivity index (χ2n) is 3.45. The Labute approximate surface area is 76.4 Å². The van der Waals surface area contributed by atoms with Crippen molar-refractivity contribution in [2.45, 2.75) is 25.7 Å². The zero-order chi connectivity index (χ0) is 9.42. The topological polar surface area (TPSA) is 50.2 Å². The summed E-state index contributed by atoms with van der Waals surface area (Å²) >= 11 is 0. The lowest BCUT2D eigenvalue weighted by Crippen LogP contribution is -2.02. The Bertz CT molecular complexity index is 356. The number of aryl methyl sites for hydroxylation is 1. The number of carboxylic acid groups (broad SMARTS) is 1. The van der Waals surface area contributed by atoms with Gasteiger partial charge in [-0.15, -0.1) is 0 Å². The molecule has 0 spiro atoms. The standard InChI is InChI=1S/C10H11NO2/c1-6-8(10(12)13)4-5-9(11-6)7-2-3-7/h4-5,7H,2-3H2,1H3,(H,12,13). The van der Waals surface area contributed by atoms with Crippen LogP contribution in [-0.4, -0.2) is 16.1 Å². The number of nitrogens with zero attached hydrogens (tertiary/aromatic N) is 1. The SMILES string of the molecule is Cc1nc(C2CC2)ccc1C(=O)O. The summed E-state index contributed by atoms with van der Waals surface area (Å²) in [5, 5.41) is 8.77. The zero-order valence-electron chi connectivity index (χ0n) is 7.45. The predicted molar refractivity (Wildman–Crippen MR) is 47.9 cm³/mol. The summed E-state index contributed by atoms with van der Waals surface area (Å²) < 4.78 is 0. The Morgan fingerprint density at radius 1 is 1.54 bits per heavy atom. The highest BCUT2D eigenvalue weighted by molar-refractivity contribution is 5.88. The fourth-order valence-corrected chi connectivity index (χ4v) is 1.41. The highest BCUT2D eigenvalue weighted by Gasteiger charge is 2.25. The second-order valence-corrected chi connectivity index (χ2v) is 3.45. The molecule has 1 aliphatic rings. The minimum atomic E-state index is -0.896. The van der Waals surface area contributed by atoms with Crippen LogP contribution in [0, 0.1) is 6.92 Å². The van der Waals surface area contributed by atoms with E-state index in [0.717, 1.165) is 5.69 Å². The number of aromatic nitrogens is 1. The predicted octanol–water partition coefficient (Wildman–Crippen LogP) is 1.97. The van der Waals surface area contributed by atoms with Crippen molar-refractivity contribution in [3.63, 3.8) is 0 Å². The molecule has 0 atom stereocenters. The minimum Gasteiger partial charge on any atom is -0.478 e. The molecule has 0 radical (unpaired) electrons. The average molecular weight is 177 g/mol. The number of carboxylic acids is 1. The zero-order valence-corrected chi connectivity index (χ0v) is 7.45. The van der Waals surface area contributed by atoms with Gasteiger partial charge in [-0.3, -0.25) is 4.98 Å². The first-order valence-corrected chi connectivity index (χ1v) is 4.39. The third kappa shape index (κ3) is 1.54. The van der Waals surface area contributed by atoms with Crippen LogP contribution < -0.4 is 0 Å². The van der Waals surface area contributed by atoms with Gasteiger partial charge in [0.05, 0.1) is 11.3 Å². The third-order valence-corrected chi connectivity index (χ3v) is 2.33. The van der Waals surface area contributed by atoms with E-state index in [9.17, 15) is 4.79 Å². The van der Waals surface area contributed by atoms with E-state index < -0.39 is 5.97 Å². The molecule has 1 aromatic heterocycles. The summed E-state index contributed by atoms with van der Waals surface area (Å²) in [5.41, 5.74) is 1.98. The Balaban J connectivity index is 2.36. The van der Waals surface area contributed by atoms with Gasteiger partial charge in [0.1, 0.15) is 0 Å². The van der Waals surface area contributed by atoms with E-state index in [0.29, 0.717) is 17.2 Å². The lowest BCUT2D eigenvalue weighted by molar-refractivity contribution is 0.0695. The molecule has 68 valence electrons. The summed E-state index contributed by atoms with van der Waals surface area (Å²) in [6.07, 6.45) is 2.39. The van der Waals surface area contributed by atoms with E-state index in [4.69, 9.17) is 5.11 Å². The van der Waals surface area contributed by atoms with Crippen LogP contribution in [0.25, 0.3) is 0 Å².